The number of hydrogen-bond acceptors (Lipinski definition) is 3. The lowest BCUT2D eigenvalue weighted by Crippen LogP contribution is -2.13. The largest absolute Gasteiger partial charge is 0.342 e. The molecule has 1 heterocycles. The molecule has 0 aliphatic heterocycles. The lowest BCUT2D eigenvalue weighted by atomic mass is 10.1. The highest BCUT2D eigenvalue weighted by atomic mass is 16.1. The van der Waals surface area contributed by atoms with Crippen LogP contribution in [-0.2, 0) is 11.3 Å². The van der Waals surface area contributed by atoms with Crippen LogP contribution in [0.1, 0.15) is 22.3 Å². The van der Waals surface area contributed by atoms with Crippen molar-refractivity contribution in [2.24, 2.45) is 0 Å². The molecule has 1 N–H and O–H groups in total. The molecule has 5 heteroatoms. The second kappa shape index (κ2) is 9.04. The zero-order chi connectivity index (χ0) is 22.5. The summed E-state index contributed by atoms with van der Waals surface area (Å²) in [5.41, 5.74) is 4.94. The number of rotatable bonds is 5. The zero-order valence-corrected chi connectivity index (χ0v) is 17.5. The first-order valence-corrected chi connectivity index (χ1v) is 10.1. The van der Waals surface area contributed by atoms with Crippen LogP contribution in [0.4, 0.5) is 5.69 Å². The van der Waals surface area contributed by atoms with E-state index in [0.717, 1.165) is 27.6 Å². The van der Waals surface area contributed by atoms with E-state index in [2.05, 4.69) is 11.4 Å². The molecule has 0 bridgehead atoms. The Morgan fingerprint density at radius 3 is 2.59 bits per heavy atom. The Morgan fingerprint density at radius 2 is 1.81 bits per heavy atom. The maximum atomic E-state index is 12.7. The van der Waals surface area contributed by atoms with Gasteiger partial charge in [-0.25, -0.2) is 0 Å². The number of para-hydroxylation sites is 1. The highest BCUT2D eigenvalue weighted by Gasteiger charge is 2.14. The quantitative estimate of drug-likeness (QED) is 0.349. The molecule has 1 amide bonds. The van der Waals surface area contributed by atoms with E-state index in [1.165, 1.54) is 0 Å². The number of amides is 1. The first-order chi connectivity index (χ1) is 15.6. The van der Waals surface area contributed by atoms with E-state index in [1.807, 2.05) is 84.4 Å². The number of aryl methyl sites for hydroxylation is 1. The van der Waals surface area contributed by atoms with Gasteiger partial charge in [0.15, 0.2) is 0 Å². The number of nitrogens with one attached hydrogen (secondary N) is 1. The normalized spacial score (nSPS) is 11.0. The summed E-state index contributed by atoms with van der Waals surface area (Å²) in [6.45, 7) is 2.45. The van der Waals surface area contributed by atoms with Crippen LogP contribution in [0.5, 0.6) is 0 Å². The molecule has 1 aromatic heterocycles. The van der Waals surface area contributed by atoms with Gasteiger partial charge in [0, 0.05) is 34.9 Å². The Balaban J connectivity index is 1.71. The van der Waals surface area contributed by atoms with Gasteiger partial charge in [0.1, 0.15) is 11.6 Å². The van der Waals surface area contributed by atoms with E-state index in [1.54, 1.807) is 18.2 Å². The van der Waals surface area contributed by atoms with Gasteiger partial charge >= 0.3 is 0 Å². The molecule has 32 heavy (non-hydrogen) atoms. The average molecular weight is 416 g/mol. The molecule has 3 aromatic carbocycles. The molecule has 5 nitrogen and oxygen atoms in total. The highest BCUT2D eigenvalue weighted by molar-refractivity contribution is 6.10. The topological polar surface area (TPSA) is 81.6 Å². The van der Waals surface area contributed by atoms with Gasteiger partial charge in [-0.2, -0.15) is 10.5 Å². The van der Waals surface area contributed by atoms with Crippen molar-refractivity contribution in [3.8, 4) is 12.1 Å². The van der Waals surface area contributed by atoms with Crippen molar-refractivity contribution in [1.29, 1.82) is 10.5 Å². The van der Waals surface area contributed by atoms with E-state index >= 15 is 0 Å². The summed E-state index contributed by atoms with van der Waals surface area (Å²) >= 11 is 0. The summed E-state index contributed by atoms with van der Waals surface area (Å²) in [5, 5.41) is 22.8. The van der Waals surface area contributed by atoms with Gasteiger partial charge in [-0.15, -0.1) is 0 Å². The standard InChI is InChI=1S/C27H20N4O/c1-19-7-6-10-24(13-19)30-27(32)22(16-29)14-23-18-31(26-12-5-4-11-25(23)26)17-21-9-3-2-8-20(21)15-28/h2-14,18H,17H2,1H3,(H,30,32)/b22-14-. The Labute approximate surface area is 186 Å². The van der Waals surface area contributed by atoms with Crippen LogP contribution in [0.25, 0.3) is 17.0 Å². The summed E-state index contributed by atoms with van der Waals surface area (Å²) in [7, 11) is 0. The lowest BCUT2D eigenvalue weighted by Gasteiger charge is -2.07. The van der Waals surface area contributed by atoms with Crippen molar-refractivity contribution in [2.45, 2.75) is 13.5 Å². The fourth-order valence-electron chi connectivity index (χ4n) is 3.70. The molecule has 0 spiro atoms. The van der Waals surface area contributed by atoms with Crippen LogP contribution in [0.3, 0.4) is 0 Å². The van der Waals surface area contributed by atoms with Crippen LogP contribution in [-0.4, -0.2) is 10.5 Å². The predicted molar refractivity (Wildman–Crippen MR) is 126 cm³/mol. The Hall–Kier alpha value is -4.61. The average Bonchev–Trinajstić information content (AvgIpc) is 3.15. The molecule has 0 saturated heterocycles. The third-order valence-electron chi connectivity index (χ3n) is 5.24. The third-order valence-corrected chi connectivity index (χ3v) is 5.24. The molecule has 154 valence electrons. The molecule has 0 saturated carbocycles. The Morgan fingerprint density at radius 1 is 1.03 bits per heavy atom. The molecule has 0 aliphatic carbocycles. The number of fused-ring (bicyclic) bond motifs is 1. The number of aromatic nitrogens is 1. The number of nitriles is 2. The fraction of sp³-hybridized carbons (Fsp3) is 0.0741. The monoisotopic (exact) mass is 416 g/mol. The lowest BCUT2D eigenvalue weighted by molar-refractivity contribution is -0.112. The SMILES string of the molecule is Cc1cccc(NC(=O)/C(C#N)=C\c2cn(Cc3ccccc3C#N)c3ccccc23)c1. The van der Waals surface area contributed by atoms with Crippen molar-refractivity contribution >= 4 is 28.6 Å². The maximum absolute atomic E-state index is 12.7. The van der Waals surface area contributed by atoms with Crippen LogP contribution in [0.15, 0.2) is 84.6 Å². The van der Waals surface area contributed by atoms with Crippen LogP contribution in [0.2, 0.25) is 0 Å². The van der Waals surface area contributed by atoms with Gasteiger partial charge in [-0.05, 0) is 48.4 Å². The number of carbonyl (C=O) groups is 1. The van der Waals surface area contributed by atoms with Gasteiger partial charge in [-0.3, -0.25) is 4.79 Å². The number of carbonyl (C=O) groups excluding carboxylic acids is 1. The number of anilines is 1. The third kappa shape index (κ3) is 4.28. The van der Waals surface area contributed by atoms with Gasteiger partial charge in [0.2, 0.25) is 0 Å². The maximum Gasteiger partial charge on any atom is 0.266 e. The molecule has 4 aromatic rings. The van der Waals surface area contributed by atoms with Gasteiger partial charge in [0.25, 0.3) is 5.91 Å². The number of hydrogen-bond donors (Lipinski definition) is 1. The summed E-state index contributed by atoms with van der Waals surface area (Å²) in [6, 6.07) is 27.0. The van der Waals surface area contributed by atoms with E-state index in [4.69, 9.17) is 0 Å². The van der Waals surface area contributed by atoms with E-state index in [0.29, 0.717) is 17.8 Å². The molecule has 0 fully saturated rings. The fourth-order valence-corrected chi connectivity index (χ4v) is 3.70. The molecule has 0 radical (unpaired) electrons. The second-order valence-corrected chi connectivity index (χ2v) is 7.49. The summed E-state index contributed by atoms with van der Waals surface area (Å²) in [5.74, 6) is -0.454. The minimum absolute atomic E-state index is 0.0202. The number of nitrogens with zero attached hydrogens (tertiary/aromatic N) is 3. The number of benzene rings is 3. The smallest absolute Gasteiger partial charge is 0.266 e. The summed E-state index contributed by atoms with van der Waals surface area (Å²) in [4.78, 5) is 12.7. The van der Waals surface area contributed by atoms with E-state index in [-0.39, 0.29) is 5.57 Å². The molecule has 0 aliphatic rings. The van der Waals surface area contributed by atoms with Gasteiger partial charge in [0.05, 0.1) is 11.6 Å². The van der Waals surface area contributed by atoms with Crippen LogP contribution >= 0.6 is 0 Å². The van der Waals surface area contributed by atoms with Crippen molar-refractivity contribution in [2.75, 3.05) is 5.32 Å². The highest BCUT2D eigenvalue weighted by Crippen LogP contribution is 2.25. The minimum atomic E-state index is -0.454. The second-order valence-electron chi connectivity index (χ2n) is 7.49. The minimum Gasteiger partial charge on any atom is -0.342 e. The first-order valence-electron chi connectivity index (χ1n) is 10.1. The summed E-state index contributed by atoms with van der Waals surface area (Å²) in [6.07, 6.45) is 3.52. The summed E-state index contributed by atoms with van der Waals surface area (Å²) < 4.78 is 2.03. The first kappa shape index (κ1) is 20.7. The van der Waals surface area contributed by atoms with Crippen molar-refractivity contribution < 1.29 is 4.79 Å². The van der Waals surface area contributed by atoms with Crippen LogP contribution < -0.4 is 5.32 Å². The molecule has 0 unspecified atom stereocenters. The zero-order valence-electron chi connectivity index (χ0n) is 17.5. The van der Waals surface area contributed by atoms with Crippen molar-refractivity contribution in [3.63, 3.8) is 0 Å². The predicted octanol–water partition coefficient (Wildman–Crippen LogP) is 5.42. The molecular weight excluding hydrogens is 396 g/mol. The van der Waals surface area contributed by atoms with Crippen molar-refractivity contribution in [3.05, 3.63) is 107 Å². The molecule has 0 atom stereocenters. The van der Waals surface area contributed by atoms with Gasteiger partial charge < -0.3 is 9.88 Å². The molecule has 4 rings (SSSR count). The van der Waals surface area contributed by atoms with E-state index in [9.17, 15) is 15.3 Å². The van der Waals surface area contributed by atoms with Crippen LogP contribution in [0, 0.1) is 29.6 Å². The Kier molecular flexibility index (Phi) is 5.83. The van der Waals surface area contributed by atoms with E-state index < -0.39 is 5.91 Å². The molecular formula is C27H20N4O. The Bertz CT molecular complexity index is 1430. The van der Waals surface area contributed by atoms with Gasteiger partial charge in [-0.1, -0.05) is 48.5 Å². The van der Waals surface area contributed by atoms with Crippen molar-refractivity contribution in [1.82, 2.24) is 4.57 Å².